The van der Waals surface area contributed by atoms with Crippen LogP contribution in [0.2, 0.25) is 0 Å². The Morgan fingerprint density at radius 2 is 1.43 bits per heavy atom. The van der Waals surface area contributed by atoms with Crippen LogP contribution < -0.4 is 10.1 Å². The Bertz CT molecular complexity index is 1270. The monoisotopic (exact) mass is 523 g/mol. The summed E-state index contributed by atoms with van der Waals surface area (Å²) in [6.07, 6.45) is 1.31. The van der Waals surface area contributed by atoms with Gasteiger partial charge in [-0.2, -0.15) is 4.31 Å². The van der Waals surface area contributed by atoms with E-state index in [1.54, 1.807) is 19.2 Å². The molecule has 0 spiro atoms. The van der Waals surface area contributed by atoms with Crippen molar-refractivity contribution < 1.29 is 22.7 Å². The first-order valence-electron chi connectivity index (χ1n) is 11.9. The molecule has 3 aromatic carbocycles. The lowest BCUT2D eigenvalue weighted by molar-refractivity contribution is -0.141. The molecule has 1 atom stereocenters. The van der Waals surface area contributed by atoms with E-state index in [1.165, 1.54) is 11.9 Å². The molecule has 8 nitrogen and oxygen atoms in total. The molecule has 2 amide bonds. The fourth-order valence-electron chi connectivity index (χ4n) is 3.78. The molecule has 0 bridgehead atoms. The van der Waals surface area contributed by atoms with Gasteiger partial charge < -0.3 is 15.0 Å². The van der Waals surface area contributed by atoms with E-state index in [1.807, 2.05) is 72.8 Å². The summed E-state index contributed by atoms with van der Waals surface area (Å²) in [5.41, 5.74) is 2.59. The van der Waals surface area contributed by atoms with Crippen molar-refractivity contribution in [3.8, 4) is 5.75 Å². The first kappa shape index (κ1) is 27.9. The molecular formula is C28H33N3O5S. The maximum atomic E-state index is 13.6. The van der Waals surface area contributed by atoms with E-state index in [-0.39, 0.29) is 25.4 Å². The van der Waals surface area contributed by atoms with Crippen LogP contribution in [0, 0.1) is 0 Å². The number of methoxy groups -OCH3 is 1. The number of carbonyl (C=O) groups excluding carboxylic acids is 2. The lowest BCUT2D eigenvalue weighted by Gasteiger charge is -2.32. The van der Waals surface area contributed by atoms with Gasteiger partial charge in [-0.15, -0.1) is 0 Å². The van der Waals surface area contributed by atoms with Gasteiger partial charge in [0.05, 0.1) is 19.9 Å². The summed E-state index contributed by atoms with van der Waals surface area (Å²) in [6.45, 7) is 0.0434. The van der Waals surface area contributed by atoms with Crippen LogP contribution in [0.25, 0.3) is 0 Å². The maximum absolute atomic E-state index is 13.6. The van der Waals surface area contributed by atoms with Crippen LogP contribution >= 0.6 is 0 Å². The molecule has 9 heteroatoms. The van der Waals surface area contributed by atoms with Gasteiger partial charge in [-0.1, -0.05) is 72.8 Å². The third kappa shape index (κ3) is 8.44. The molecule has 1 unspecified atom stereocenters. The van der Waals surface area contributed by atoms with Crippen molar-refractivity contribution in [2.45, 2.75) is 25.6 Å². The van der Waals surface area contributed by atoms with Gasteiger partial charge in [0.25, 0.3) is 0 Å². The predicted molar refractivity (Wildman–Crippen MR) is 143 cm³/mol. The van der Waals surface area contributed by atoms with Crippen molar-refractivity contribution in [3.63, 3.8) is 0 Å². The minimum Gasteiger partial charge on any atom is -0.497 e. The van der Waals surface area contributed by atoms with Gasteiger partial charge in [-0.05, 0) is 28.8 Å². The number of sulfonamides is 1. The average molecular weight is 524 g/mol. The minimum absolute atomic E-state index is 0.122. The zero-order valence-corrected chi connectivity index (χ0v) is 22.1. The molecule has 196 valence electrons. The quantitative estimate of drug-likeness (QED) is 0.394. The molecule has 0 aromatic heterocycles. The Balaban J connectivity index is 1.94. The summed E-state index contributed by atoms with van der Waals surface area (Å²) >= 11 is 0. The van der Waals surface area contributed by atoms with E-state index in [9.17, 15) is 18.0 Å². The summed E-state index contributed by atoms with van der Waals surface area (Å²) in [5.74, 6) is -0.129. The van der Waals surface area contributed by atoms with E-state index in [4.69, 9.17) is 4.74 Å². The van der Waals surface area contributed by atoms with Crippen LogP contribution in [-0.4, -0.2) is 62.4 Å². The number of benzene rings is 3. The summed E-state index contributed by atoms with van der Waals surface area (Å²) in [4.78, 5) is 28.6. The zero-order valence-electron chi connectivity index (χ0n) is 21.3. The Labute approximate surface area is 218 Å². The van der Waals surface area contributed by atoms with Gasteiger partial charge in [0.15, 0.2) is 0 Å². The maximum Gasteiger partial charge on any atom is 0.243 e. The molecule has 0 saturated heterocycles. The molecule has 0 aliphatic carbocycles. The van der Waals surface area contributed by atoms with Gasteiger partial charge in [0, 0.05) is 26.6 Å². The van der Waals surface area contributed by atoms with Crippen molar-refractivity contribution in [1.29, 1.82) is 0 Å². The Morgan fingerprint density at radius 3 is 1.97 bits per heavy atom. The van der Waals surface area contributed by atoms with E-state index >= 15 is 0 Å². The summed E-state index contributed by atoms with van der Waals surface area (Å²) in [7, 11) is -0.680. The Kier molecular flexibility index (Phi) is 9.82. The van der Waals surface area contributed by atoms with Gasteiger partial charge >= 0.3 is 0 Å². The molecule has 0 aliphatic rings. The second-order valence-electron chi connectivity index (χ2n) is 8.80. The highest BCUT2D eigenvalue weighted by molar-refractivity contribution is 7.88. The molecule has 3 rings (SSSR count). The highest BCUT2D eigenvalue weighted by Gasteiger charge is 2.31. The molecule has 0 aliphatic heterocycles. The lowest BCUT2D eigenvalue weighted by Crippen LogP contribution is -2.52. The minimum atomic E-state index is -3.60. The van der Waals surface area contributed by atoms with Gasteiger partial charge in [0.2, 0.25) is 21.8 Å². The van der Waals surface area contributed by atoms with Crippen LogP contribution in [0.15, 0.2) is 84.9 Å². The lowest BCUT2D eigenvalue weighted by atomic mass is 10.0. The summed E-state index contributed by atoms with van der Waals surface area (Å²) in [5, 5.41) is 2.96. The van der Waals surface area contributed by atoms with Crippen LogP contribution in [0.1, 0.15) is 16.7 Å². The zero-order chi connectivity index (χ0) is 26.8. The normalized spacial score (nSPS) is 12.1. The number of nitrogens with zero attached hydrogens (tertiary/aromatic N) is 2. The topological polar surface area (TPSA) is 96.0 Å². The highest BCUT2D eigenvalue weighted by atomic mass is 32.2. The number of carbonyl (C=O) groups is 2. The second kappa shape index (κ2) is 13.0. The molecule has 0 saturated carbocycles. The molecule has 0 fully saturated rings. The number of nitrogens with one attached hydrogen (secondary N) is 1. The van der Waals surface area contributed by atoms with Crippen LogP contribution in [0.4, 0.5) is 0 Å². The van der Waals surface area contributed by atoms with E-state index in [2.05, 4.69) is 5.32 Å². The Hall–Kier alpha value is -3.69. The third-order valence-corrected chi connectivity index (χ3v) is 7.28. The third-order valence-electron chi connectivity index (χ3n) is 6.02. The molecule has 3 aromatic rings. The average Bonchev–Trinajstić information content (AvgIpc) is 2.90. The van der Waals surface area contributed by atoms with E-state index in [0.29, 0.717) is 12.3 Å². The molecule has 0 heterocycles. The van der Waals surface area contributed by atoms with E-state index in [0.717, 1.165) is 27.3 Å². The molecule has 37 heavy (non-hydrogen) atoms. The van der Waals surface area contributed by atoms with Gasteiger partial charge in [-0.25, -0.2) is 8.42 Å². The standard InChI is InChI=1S/C28H33N3O5S/c1-30(37(3,34)35)21-27(32)31(20-24-14-16-25(36-2)17-15-24)26(18-22-10-6-4-7-11-22)28(33)29-19-23-12-8-5-9-13-23/h4-17,26H,18-21H2,1-3H3,(H,29,33). The fraction of sp³-hybridized carbons (Fsp3) is 0.286. The number of hydrogen-bond donors (Lipinski definition) is 1. The largest absolute Gasteiger partial charge is 0.497 e. The molecule has 1 N–H and O–H groups in total. The fourth-order valence-corrected chi connectivity index (χ4v) is 4.13. The van der Waals surface area contributed by atoms with Crippen molar-refractivity contribution in [2.75, 3.05) is 27.0 Å². The summed E-state index contributed by atoms with van der Waals surface area (Å²) in [6, 6.07) is 25.3. The number of hydrogen-bond acceptors (Lipinski definition) is 5. The second-order valence-corrected chi connectivity index (χ2v) is 10.9. The smallest absolute Gasteiger partial charge is 0.243 e. The summed E-state index contributed by atoms with van der Waals surface area (Å²) < 4.78 is 30.3. The molecular weight excluding hydrogens is 490 g/mol. The van der Waals surface area contributed by atoms with Crippen molar-refractivity contribution in [2.24, 2.45) is 0 Å². The van der Waals surface area contributed by atoms with Crippen LogP contribution in [-0.2, 0) is 39.1 Å². The van der Waals surface area contributed by atoms with Gasteiger partial charge in [-0.3, -0.25) is 9.59 Å². The number of ether oxygens (including phenoxy) is 1. The SMILES string of the molecule is COc1ccc(CN(C(=O)CN(C)S(C)(=O)=O)C(Cc2ccccc2)C(=O)NCc2ccccc2)cc1. The highest BCUT2D eigenvalue weighted by Crippen LogP contribution is 2.18. The van der Waals surface area contributed by atoms with Crippen molar-refractivity contribution >= 4 is 21.8 Å². The number of likely N-dealkylation sites (N-methyl/N-ethyl adjacent to an activating group) is 1. The predicted octanol–water partition coefficient (Wildman–Crippen LogP) is 2.84. The van der Waals surface area contributed by atoms with Crippen molar-refractivity contribution in [3.05, 3.63) is 102 Å². The van der Waals surface area contributed by atoms with Crippen molar-refractivity contribution in [1.82, 2.24) is 14.5 Å². The van der Waals surface area contributed by atoms with E-state index < -0.39 is 22.0 Å². The van der Waals surface area contributed by atoms with Crippen LogP contribution in [0.3, 0.4) is 0 Å². The molecule has 0 radical (unpaired) electrons. The first-order chi connectivity index (χ1) is 17.7. The first-order valence-corrected chi connectivity index (χ1v) is 13.7. The number of amides is 2. The Morgan fingerprint density at radius 1 is 0.865 bits per heavy atom. The number of rotatable bonds is 12. The van der Waals surface area contributed by atoms with Gasteiger partial charge in [0.1, 0.15) is 11.8 Å². The van der Waals surface area contributed by atoms with Crippen LogP contribution in [0.5, 0.6) is 5.75 Å².